The molecule has 1 aliphatic heterocycles. The number of urea groups is 1. The fourth-order valence-electron chi connectivity index (χ4n) is 6.34. The number of nitrogens with two attached hydrogens (primary N) is 1. The first-order valence-electron chi connectivity index (χ1n) is 13.9. The van der Waals surface area contributed by atoms with Crippen molar-refractivity contribution < 1.29 is 37.1 Å². The SMILES string of the molecule is CC(C)(C)[C@H](NC(=O)NC1(C(F)(F)F)CC1)C(=O)N1C[C@H]2[C@@H]([C@H]1C(=O)N[C@H](CC1CCC1)C(=O)C(N)=O)C2(C)C. The second kappa shape index (κ2) is 9.90. The lowest BCUT2D eigenvalue weighted by Gasteiger charge is -2.38. The summed E-state index contributed by atoms with van der Waals surface area (Å²) in [5, 5.41) is 7.12. The van der Waals surface area contributed by atoms with Crippen LogP contribution in [0.4, 0.5) is 18.0 Å². The highest BCUT2D eigenvalue weighted by atomic mass is 19.4. The minimum absolute atomic E-state index is 0.0152. The highest BCUT2D eigenvalue weighted by Gasteiger charge is 2.70. The maximum atomic E-state index is 13.9. The largest absolute Gasteiger partial charge is 0.411 e. The molecule has 0 radical (unpaired) electrons. The fourth-order valence-corrected chi connectivity index (χ4v) is 6.34. The average molecular weight is 572 g/mol. The number of hydrogen-bond donors (Lipinski definition) is 4. The van der Waals surface area contributed by atoms with Crippen molar-refractivity contribution in [1.82, 2.24) is 20.9 Å². The molecule has 0 spiro atoms. The van der Waals surface area contributed by atoms with E-state index in [0.29, 0.717) is 0 Å². The molecule has 13 heteroatoms. The van der Waals surface area contributed by atoms with Gasteiger partial charge < -0.3 is 26.6 Å². The molecular formula is C27H40F3N5O5. The Morgan fingerprint density at radius 2 is 1.62 bits per heavy atom. The molecule has 5 N–H and O–H groups in total. The first-order valence-corrected chi connectivity index (χ1v) is 13.9. The van der Waals surface area contributed by atoms with Gasteiger partial charge in [0.25, 0.3) is 5.91 Å². The Hall–Kier alpha value is -2.86. The van der Waals surface area contributed by atoms with Crippen LogP contribution in [0, 0.1) is 28.6 Å². The van der Waals surface area contributed by atoms with E-state index < -0.39 is 64.8 Å². The van der Waals surface area contributed by atoms with E-state index in [1.165, 1.54) is 4.90 Å². The molecule has 10 nitrogen and oxygen atoms in total. The predicted molar refractivity (Wildman–Crippen MR) is 137 cm³/mol. The van der Waals surface area contributed by atoms with Crippen molar-refractivity contribution in [1.29, 1.82) is 0 Å². The van der Waals surface area contributed by atoms with Crippen molar-refractivity contribution in [3.63, 3.8) is 0 Å². The van der Waals surface area contributed by atoms with E-state index in [4.69, 9.17) is 5.73 Å². The van der Waals surface area contributed by atoms with Gasteiger partial charge >= 0.3 is 12.2 Å². The third-order valence-electron chi connectivity index (χ3n) is 9.46. The summed E-state index contributed by atoms with van der Waals surface area (Å²) < 4.78 is 40.2. The Morgan fingerprint density at radius 1 is 1.02 bits per heavy atom. The number of halogens is 3. The normalized spacial score (nSPS) is 27.9. The predicted octanol–water partition coefficient (Wildman–Crippen LogP) is 2.01. The number of carbonyl (C=O) groups is 5. The minimum Gasteiger partial charge on any atom is -0.363 e. The molecule has 1 saturated heterocycles. The summed E-state index contributed by atoms with van der Waals surface area (Å²) in [7, 11) is 0. The number of alkyl halides is 3. The Labute approximate surface area is 231 Å². The lowest BCUT2D eigenvalue weighted by Crippen LogP contribution is -2.62. The molecule has 3 aliphatic carbocycles. The van der Waals surface area contributed by atoms with Crippen molar-refractivity contribution in [2.24, 2.45) is 34.3 Å². The first-order chi connectivity index (χ1) is 18.3. The van der Waals surface area contributed by atoms with Crippen LogP contribution in [0.25, 0.3) is 0 Å². The lowest BCUT2D eigenvalue weighted by atomic mass is 9.80. The number of amides is 5. The molecule has 1 heterocycles. The maximum Gasteiger partial charge on any atom is 0.411 e. The van der Waals surface area contributed by atoms with Gasteiger partial charge in [0.15, 0.2) is 0 Å². The maximum absolute atomic E-state index is 13.9. The lowest BCUT2D eigenvalue weighted by molar-refractivity contribution is -0.162. The van der Waals surface area contributed by atoms with Gasteiger partial charge in [0, 0.05) is 6.54 Å². The van der Waals surface area contributed by atoms with Crippen LogP contribution in [0.3, 0.4) is 0 Å². The molecule has 0 aromatic rings. The summed E-state index contributed by atoms with van der Waals surface area (Å²) >= 11 is 0. The number of likely N-dealkylation sites (tertiary alicyclic amines) is 1. The van der Waals surface area contributed by atoms with E-state index in [2.05, 4.69) is 10.6 Å². The van der Waals surface area contributed by atoms with Gasteiger partial charge in [-0.05, 0) is 47.8 Å². The molecular weight excluding hydrogens is 531 g/mol. The molecule has 0 aromatic heterocycles. The zero-order chi connectivity index (χ0) is 30.0. The van der Waals surface area contributed by atoms with E-state index in [9.17, 15) is 37.1 Å². The van der Waals surface area contributed by atoms with E-state index >= 15 is 0 Å². The molecule has 0 bridgehead atoms. The Morgan fingerprint density at radius 3 is 2.08 bits per heavy atom. The van der Waals surface area contributed by atoms with Crippen LogP contribution in [0.1, 0.15) is 73.1 Å². The van der Waals surface area contributed by atoms with E-state index in [0.717, 1.165) is 19.3 Å². The van der Waals surface area contributed by atoms with Crippen molar-refractivity contribution >= 4 is 29.5 Å². The summed E-state index contributed by atoms with van der Waals surface area (Å²) in [5.41, 5.74) is 1.78. The van der Waals surface area contributed by atoms with Crippen molar-refractivity contribution in [3.8, 4) is 0 Å². The molecule has 3 saturated carbocycles. The smallest absolute Gasteiger partial charge is 0.363 e. The summed E-state index contributed by atoms with van der Waals surface area (Å²) in [6.07, 6.45) is -2.07. The summed E-state index contributed by atoms with van der Waals surface area (Å²) in [5.74, 6) is -3.29. The van der Waals surface area contributed by atoms with Gasteiger partial charge in [0.05, 0.1) is 6.04 Å². The van der Waals surface area contributed by atoms with Gasteiger partial charge in [-0.1, -0.05) is 53.9 Å². The number of fused-ring (bicyclic) bond motifs is 1. The van der Waals surface area contributed by atoms with E-state index in [1.807, 2.05) is 19.2 Å². The zero-order valence-corrected chi connectivity index (χ0v) is 23.6. The zero-order valence-electron chi connectivity index (χ0n) is 23.6. The third-order valence-corrected chi connectivity index (χ3v) is 9.46. The number of ketones is 1. The standard InChI is InChI=1S/C27H40F3N5O5/c1-24(2,3)19(33-23(40)34-26(9-10-26)27(28,29)30)22(39)35-12-14-16(25(14,4)5)17(35)21(38)32-15(18(36)20(31)37)11-13-7-6-8-13/h13-17,19H,6-12H2,1-5H3,(H2,31,37)(H,32,38)(H2,33,34,40)/t14-,15+,16-,17-,19+/m0/s1. The van der Waals surface area contributed by atoms with Crippen LogP contribution in [0.2, 0.25) is 0 Å². The number of nitrogens with zero attached hydrogens (tertiary/aromatic N) is 1. The molecule has 5 atom stereocenters. The number of Topliss-reactive ketones (excluding diaryl/α,β-unsaturated/α-hetero) is 1. The topological polar surface area (TPSA) is 151 Å². The van der Waals surface area contributed by atoms with Gasteiger partial charge in [0.2, 0.25) is 17.6 Å². The van der Waals surface area contributed by atoms with Crippen molar-refractivity contribution in [2.75, 3.05) is 6.54 Å². The molecule has 0 aromatic carbocycles. The minimum atomic E-state index is -4.62. The number of piperidine rings is 1. The van der Waals surface area contributed by atoms with Crippen LogP contribution < -0.4 is 21.7 Å². The third kappa shape index (κ3) is 5.52. The van der Waals surface area contributed by atoms with Crippen LogP contribution in [0.5, 0.6) is 0 Å². The van der Waals surface area contributed by atoms with Gasteiger partial charge in [-0.15, -0.1) is 0 Å². The fraction of sp³-hybridized carbons (Fsp3) is 0.815. The number of hydrogen-bond acceptors (Lipinski definition) is 5. The van der Waals surface area contributed by atoms with Crippen LogP contribution in [-0.2, 0) is 19.2 Å². The van der Waals surface area contributed by atoms with Crippen LogP contribution in [0.15, 0.2) is 0 Å². The second-order valence-corrected chi connectivity index (χ2v) is 13.7. The summed E-state index contributed by atoms with van der Waals surface area (Å²) in [4.78, 5) is 65.9. The quantitative estimate of drug-likeness (QED) is 0.312. The van der Waals surface area contributed by atoms with Crippen molar-refractivity contribution in [2.45, 2.75) is 103 Å². The van der Waals surface area contributed by atoms with Gasteiger partial charge in [-0.2, -0.15) is 13.2 Å². The molecule has 4 fully saturated rings. The number of carbonyl (C=O) groups excluding carboxylic acids is 5. The second-order valence-electron chi connectivity index (χ2n) is 13.7. The molecule has 224 valence electrons. The summed E-state index contributed by atoms with van der Waals surface area (Å²) in [6.45, 7) is 9.18. The van der Waals surface area contributed by atoms with Gasteiger partial charge in [0.1, 0.15) is 17.6 Å². The monoisotopic (exact) mass is 571 g/mol. The molecule has 40 heavy (non-hydrogen) atoms. The van der Waals surface area contributed by atoms with E-state index in [1.54, 1.807) is 20.8 Å². The number of nitrogens with one attached hydrogen (secondary N) is 3. The van der Waals surface area contributed by atoms with E-state index in [-0.39, 0.29) is 49.0 Å². The van der Waals surface area contributed by atoms with Crippen LogP contribution >= 0.6 is 0 Å². The number of primary amides is 1. The average Bonchev–Trinajstić information content (AvgIpc) is 3.61. The van der Waals surface area contributed by atoms with Crippen LogP contribution in [-0.4, -0.2) is 70.8 Å². The molecule has 0 unspecified atom stereocenters. The summed E-state index contributed by atoms with van der Waals surface area (Å²) in [6, 6.07) is -4.42. The number of rotatable bonds is 9. The Bertz CT molecular complexity index is 1090. The Kier molecular flexibility index (Phi) is 7.45. The molecule has 4 aliphatic rings. The first kappa shape index (κ1) is 30.1. The highest BCUT2D eigenvalue weighted by molar-refractivity contribution is 6.37. The molecule has 4 rings (SSSR count). The van der Waals surface area contributed by atoms with Gasteiger partial charge in [-0.25, -0.2) is 4.79 Å². The van der Waals surface area contributed by atoms with Crippen molar-refractivity contribution in [3.05, 3.63) is 0 Å². The van der Waals surface area contributed by atoms with Gasteiger partial charge in [-0.3, -0.25) is 19.2 Å². The Balaban J connectivity index is 1.53. The molecule has 5 amide bonds. The highest BCUT2D eigenvalue weighted by Crippen LogP contribution is 2.65.